The van der Waals surface area contributed by atoms with Gasteiger partial charge in [-0.1, -0.05) is 32.3 Å². The molecule has 72 valence electrons. The third-order valence-corrected chi connectivity index (χ3v) is 1.68. The van der Waals surface area contributed by atoms with Crippen LogP contribution in [0.5, 0.6) is 0 Å². The zero-order chi connectivity index (χ0) is 10.1. The van der Waals surface area contributed by atoms with Crippen molar-refractivity contribution in [1.29, 1.82) is 0 Å². The van der Waals surface area contributed by atoms with Crippen LogP contribution in [-0.4, -0.2) is 12.1 Å². The van der Waals surface area contributed by atoms with Crippen molar-refractivity contribution in [2.45, 2.75) is 38.7 Å². The molecule has 0 bridgehead atoms. The predicted molar refractivity (Wildman–Crippen MR) is 53.1 cm³/mol. The Morgan fingerprint density at radius 3 is 2.85 bits per heavy atom. The number of carbonyl (C=O) groups is 1. The van der Waals surface area contributed by atoms with Crippen LogP contribution in [0.2, 0.25) is 0 Å². The molecular formula is C11H16O2. The Morgan fingerprint density at radius 1 is 1.69 bits per heavy atom. The van der Waals surface area contributed by atoms with Crippen molar-refractivity contribution in [2.24, 2.45) is 0 Å². The van der Waals surface area contributed by atoms with Crippen molar-refractivity contribution >= 4 is 5.97 Å². The lowest BCUT2D eigenvalue weighted by molar-refractivity contribution is -0.140. The Labute approximate surface area is 80.0 Å². The first-order chi connectivity index (χ1) is 6.24. The zero-order valence-corrected chi connectivity index (χ0v) is 8.08. The fourth-order valence-electron chi connectivity index (χ4n) is 0.944. The summed E-state index contributed by atoms with van der Waals surface area (Å²) >= 11 is 0. The molecule has 2 heteroatoms. The number of hydrogen-bond acceptors (Lipinski definition) is 2. The highest BCUT2D eigenvalue weighted by atomic mass is 16.5. The number of rotatable bonds is 6. The average Bonchev–Trinajstić information content (AvgIpc) is 2.16. The van der Waals surface area contributed by atoms with Gasteiger partial charge < -0.3 is 4.74 Å². The minimum atomic E-state index is -0.445. The molecule has 0 N–H and O–H groups in total. The van der Waals surface area contributed by atoms with Gasteiger partial charge in [-0.3, -0.25) is 0 Å². The number of esters is 1. The van der Waals surface area contributed by atoms with E-state index in [0.29, 0.717) is 0 Å². The monoisotopic (exact) mass is 180 g/mol. The second-order valence-electron chi connectivity index (χ2n) is 2.79. The molecule has 0 aliphatic heterocycles. The molecule has 0 aromatic carbocycles. The van der Waals surface area contributed by atoms with Gasteiger partial charge in [0.2, 0.25) is 0 Å². The summed E-state index contributed by atoms with van der Waals surface area (Å²) in [6.45, 7) is 5.41. The second kappa shape index (κ2) is 7.42. The zero-order valence-electron chi connectivity index (χ0n) is 8.08. The molecule has 0 aromatic rings. The normalized spacial score (nSPS) is 11.4. The summed E-state index contributed by atoms with van der Waals surface area (Å²) in [5.41, 5.74) is 0. The molecule has 0 heterocycles. The molecule has 0 aliphatic rings. The molecule has 0 amide bonds. The van der Waals surface area contributed by atoms with Crippen LogP contribution in [0.15, 0.2) is 12.7 Å². The van der Waals surface area contributed by atoms with Gasteiger partial charge in [-0.15, -0.1) is 6.42 Å². The number of terminal acetylenes is 1. The first-order valence-electron chi connectivity index (χ1n) is 4.53. The minimum absolute atomic E-state index is 0.392. The van der Waals surface area contributed by atoms with Crippen LogP contribution >= 0.6 is 0 Å². The van der Waals surface area contributed by atoms with Crippen LogP contribution in [0.3, 0.4) is 0 Å². The SMILES string of the molecule is C#CC(CCCCC)OC(=O)C=C. The molecule has 0 aromatic heterocycles. The van der Waals surface area contributed by atoms with Crippen LogP contribution < -0.4 is 0 Å². The van der Waals surface area contributed by atoms with E-state index in [-0.39, 0.29) is 0 Å². The maximum atomic E-state index is 10.8. The van der Waals surface area contributed by atoms with Crippen molar-refractivity contribution in [3.63, 3.8) is 0 Å². The average molecular weight is 180 g/mol. The fourth-order valence-corrected chi connectivity index (χ4v) is 0.944. The summed E-state index contributed by atoms with van der Waals surface area (Å²) < 4.78 is 4.90. The molecule has 0 aliphatic carbocycles. The Bertz CT molecular complexity index is 201. The summed E-state index contributed by atoms with van der Waals surface area (Å²) in [6.07, 6.45) is 9.92. The van der Waals surface area contributed by atoms with Gasteiger partial charge in [0.05, 0.1) is 0 Å². The van der Waals surface area contributed by atoms with E-state index in [0.717, 1.165) is 31.8 Å². The highest BCUT2D eigenvalue weighted by Crippen LogP contribution is 2.06. The van der Waals surface area contributed by atoms with Crippen molar-refractivity contribution in [3.05, 3.63) is 12.7 Å². The van der Waals surface area contributed by atoms with Crippen LogP contribution in [0, 0.1) is 12.3 Å². The molecule has 0 rings (SSSR count). The molecule has 0 saturated heterocycles. The first kappa shape index (κ1) is 11.8. The van der Waals surface area contributed by atoms with Gasteiger partial charge >= 0.3 is 5.97 Å². The Morgan fingerprint density at radius 2 is 2.38 bits per heavy atom. The Hall–Kier alpha value is -1.23. The van der Waals surface area contributed by atoms with Crippen molar-refractivity contribution in [1.82, 2.24) is 0 Å². The second-order valence-corrected chi connectivity index (χ2v) is 2.79. The van der Waals surface area contributed by atoms with E-state index in [1.165, 1.54) is 0 Å². The van der Waals surface area contributed by atoms with E-state index in [1.54, 1.807) is 0 Å². The Balaban J connectivity index is 3.71. The third kappa shape index (κ3) is 5.98. The molecular weight excluding hydrogens is 164 g/mol. The largest absolute Gasteiger partial charge is 0.446 e. The predicted octanol–water partition coefficient (Wildman–Crippen LogP) is 2.30. The van der Waals surface area contributed by atoms with Crippen molar-refractivity contribution < 1.29 is 9.53 Å². The summed E-state index contributed by atoms with van der Waals surface area (Å²) in [5.74, 6) is 1.99. The first-order valence-corrected chi connectivity index (χ1v) is 4.53. The minimum Gasteiger partial charge on any atom is -0.446 e. The Kier molecular flexibility index (Phi) is 6.72. The number of ether oxygens (including phenoxy) is 1. The summed E-state index contributed by atoms with van der Waals surface area (Å²) in [6, 6.07) is 0. The van der Waals surface area contributed by atoms with E-state index < -0.39 is 12.1 Å². The van der Waals surface area contributed by atoms with E-state index in [1.807, 2.05) is 0 Å². The molecule has 1 atom stereocenters. The van der Waals surface area contributed by atoms with Gasteiger partial charge in [-0.25, -0.2) is 4.79 Å². The van der Waals surface area contributed by atoms with Crippen molar-refractivity contribution in [3.8, 4) is 12.3 Å². The van der Waals surface area contributed by atoms with Crippen molar-refractivity contribution in [2.75, 3.05) is 0 Å². The third-order valence-electron chi connectivity index (χ3n) is 1.68. The molecule has 2 nitrogen and oxygen atoms in total. The van der Waals surface area contributed by atoms with Crippen LogP contribution in [-0.2, 0) is 9.53 Å². The lowest BCUT2D eigenvalue weighted by Gasteiger charge is -2.09. The molecule has 0 saturated carbocycles. The van der Waals surface area contributed by atoms with Gasteiger partial charge in [0.1, 0.15) is 0 Å². The quantitative estimate of drug-likeness (QED) is 0.271. The lowest BCUT2D eigenvalue weighted by Crippen LogP contribution is -2.14. The molecule has 13 heavy (non-hydrogen) atoms. The van der Waals surface area contributed by atoms with E-state index >= 15 is 0 Å². The van der Waals surface area contributed by atoms with Gasteiger partial charge in [-0.2, -0.15) is 0 Å². The van der Waals surface area contributed by atoms with Crippen LogP contribution in [0.4, 0.5) is 0 Å². The van der Waals surface area contributed by atoms with Gasteiger partial charge in [0.25, 0.3) is 0 Å². The molecule has 1 unspecified atom stereocenters. The highest BCUT2D eigenvalue weighted by Gasteiger charge is 2.07. The summed E-state index contributed by atoms with van der Waals surface area (Å²) in [7, 11) is 0. The summed E-state index contributed by atoms with van der Waals surface area (Å²) in [4.78, 5) is 10.8. The van der Waals surface area contributed by atoms with E-state index in [9.17, 15) is 4.79 Å². The van der Waals surface area contributed by atoms with E-state index in [4.69, 9.17) is 11.2 Å². The van der Waals surface area contributed by atoms with Crippen LogP contribution in [0.1, 0.15) is 32.6 Å². The van der Waals surface area contributed by atoms with Gasteiger partial charge in [0.15, 0.2) is 6.10 Å². The smallest absolute Gasteiger partial charge is 0.331 e. The maximum Gasteiger partial charge on any atom is 0.331 e. The number of unbranched alkanes of at least 4 members (excludes halogenated alkanes) is 2. The lowest BCUT2D eigenvalue weighted by atomic mass is 10.1. The van der Waals surface area contributed by atoms with Gasteiger partial charge in [0, 0.05) is 6.08 Å². The summed E-state index contributed by atoms with van der Waals surface area (Å²) in [5, 5.41) is 0. The molecule has 0 fully saturated rings. The van der Waals surface area contributed by atoms with Gasteiger partial charge in [-0.05, 0) is 12.8 Å². The topological polar surface area (TPSA) is 26.3 Å². The fraction of sp³-hybridized carbons (Fsp3) is 0.545. The highest BCUT2D eigenvalue weighted by molar-refractivity contribution is 5.81. The standard InChI is InChI=1S/C11H16O2/c1-4-7-8-9-10(5-2)13-11(12)6-3/h2,6,10H,3-4,7-9H2,1H3. The number of hydrogen-bond donors (Lipinski definition) is 0. The van der Waals surface area contributed by atoms with Crippen LogP contribution in [0.25, 0.3) is 0 Å². The number of carbonyl (C=O) groups excluding carboxylic acids is 1. The molecule has 0 radical (unpaired) electrons. The van der Waals surface area contributed by atoms with E-state index in [2.05, 4.69) is 19.4 Å². The molecule has 0 spiro atoms. The maximum absolute atomic E-state index is 10.8.